The maximum atomic E-state index is 12.4. The maximum absolute atomic E-state index is 12.4. The molecule has 0 radical (unpaired) electrons. The fraction of sp³-hybridized carbons (Fsp3) is 0.929. The standard InChI is InChI=1S/C28H48N2O8S/c1-16(4-7-24(34)30-15-25(35)29-10-11-39(36,37)38)19-5-6-20-26-21(14-23(33)28(19,20)3)27(2)9-8-18(31)12-17(27)13-22(26)32/h16-23,26,31-33H,4-15H2,1-3H3,(H,29,35)(H,30,34)(H,36,37,38)/t16-,17?,18-,19-,20+,21+,22-,23+,26+,27+,28-/m1/s1. The average Bonchev–Trinajstić information content (AvgIpc) is 3.20. The Morgan fingerprint density at radius 1 is 0.974 bits per heavy atom. The largest absolute Gasteiger partial charge is 0.393 e. The molecule has 4 aliphatic rings. The van der Waals surface area contributed by atoms with E-state index in [1.807, 2.05) is 0 Å². The monoisotopic (exact) mass is 572 g/mol. The zero-order chi connectivity index (χ0) is 28.8. The van der Waals surface area contributed by atoms with Gasteiger partial charge in [0.25, 0.3) is 10.1 Å². The fourth-order valence-electron chi connectivity index (χ4n) is 9.34. The molecular weight excluding hydrogens is 524 g/mol. The zero-order valence-electron chi connectivity index (χ0n) is 23.5. The van der Waals surface area contributed by atoms with Gasteiger partial charge >= 0.3 is 0 Å². The minimum atomic E-state index is -4.16. The van der Waals surface area contributed by atoms with Crippen molar-refractivity contribution in [3.8, 4) is 0 Å². The number of aliphatic hydroxyl groups excluding tert-OH is 3. The van der Waals surface area contributed by atoms with Crippen LogP contribution in [-0.4, -0.2) is 77.3 Å². The van der Waals surface area contributed by atoms with Crippen molar-refractivity contribution in [1.82, 2.24) is 10.6 Å². The van der Waals surface area contributed by atoms with Crippen LogP contribution < -0.4 is 10.6 Å². The lowest BCUT2D eigenvalue weighted by Gasteiger charge is -2.63. The van der Waals surface area contributed by atoms with E-state index in [1.165, 1.54) is 0 Å². The van der Waals surface area contributed by atoms with Gasteiger partial charge in [-0.3, -0.25) is 14.1 Å². The molecule has 0 aliphatic heterocycles. The first-order valence-corrected chi connectivity index (χ1v) is 16.3. The van der Waals surface area contributed by atoms with Crippen molar-refractivity contribution in [3.05, 3.63) is 0 Å². The van der Waals surface area contributed by atoms with Crippen molar-refractivity contribution >= 4 is 21.9 Å². The van der Waals surface area contributed by atoms with Crippen molar-refractivity contribution in [3.63, 3.8) is 0 Å². The summed E-state index contributed by atoms with van der Waals surface area (Å²) in [5, 5.41) is 38.3. The van der Waals surface area contributed by atoms with E-state index >= 15 is 0 Å². The van der Waals surface area contributed by atoms with Crippen LogP contribution in [0.2, 0.25) is 0 Å². The fourth-order valence-corrected chi connectivity index (χ4v) is 9.70. The molecule has 6 N–H and O–H groups in total. The predicted molar refractivity (Wildman–Crippen MR) is 145 cm³/mol. The van der Waals surface area contributed by atoms with Crippen LogP contribution in [0.3, 0.4) is 0 Å². The lowest BCUT2D eigenvalue weighted by atomic mass is 9.43. The number of carbonyl (C=O) groups is 2. The van der Waals surface area contributed by atoms with Crippen LogP contribution in [-0.2, 0) is 19.7 Å². The van der Waals surface area contributed by atoms with Crippen LogP contribution in [0.5, 0.6) is 0 Å². The summed E-state index contributed by atoms with van der Waals surface area (Å²) in [6, 6.07) is 0. The molecule has 4 fully saturated rings. The van der Waals surface area contributed by atoms with E-state index in [4.69, 9.17) is 4.55 Å². The van der Waals surface area contributed by atoms with Gasteiger partial charge in [0, 0.05) is 13.0 Å². The summed E-state index contributed by atoms with van der Waals surface area (Å²) in [5.41, 5.74) is -0.297. The minimum absolute atomic E-state index is 0.0336. The Balaban J connectivity index is 1.33. The summed E-state index contributed by atoms with van der Waals surface area (Å²) < 4.78 is 30.2. The van der Waals surface area contributed by atoms with Gasteiger partial charge in [0.2, 0.25) is 11.8 Å². The number of carbonyl (C=O) groups excluding carboxylic acids is 2. The molecule has 4 saturated carbocycles. The Morgan fingerprint density at radius 2 is 1.69 bits per heavy atom. The van der Waals surface area contributed by atoms with Gasteiger partial charge in [-0.25, -0.2) is 0 Å². The average molecular weight is 573 g/mol. The van der Waals surface area contributed by atoms with Crippen molar-refractivity contribution in [2.45, 2.75) is 96.9 Å². The van der Waals surface area contributed by atoms with Gasteiger partial charge in [-0.05, 0) is 97.7 Å². The topological polar surface area (TPSA) is 173 Å². The number of aliphatic hydroxyl groups is 3. The molecule has 0 spiro atoms. The molecule has 224 valence electrons. The lowest BCUT2D eigenvalue weighted by molar-refractivity contribution is -0.207. The molecule has 4 aliphatic carbocycles. The summed E-state index contributed by atoms with van der Waals surface area (Å²) >= 11 is 0. The lowest BCUT2D eigenvalue weighted by Crippen LogP contribution is -2.62. The minimum Gasteiger partial charge on any atom is -0.393 e. The molecule has 4 rings (SSSR count). The molecule has 0 aromatic rings. The number of fused-ring (bicyclic) bond motifs is 5. The first-order valence-electron chi connectivity index (χ1n) is 14.7. The SMILES string of the molecule is C[C@H](CCC(=O)NCC(=O)NCCS(=O)(=O)O)[C@H]1CC[C@H]2[C@@H]3[C@H](O)CC4C[C@H](O)CC[C@]4(C)[C@H]3C[C@H](O)[C@]12C. The third-order valence-electron chi connectivity index (χ3n) is 11.5. The van der Waals surface area contributed by atoms with E-state index in [2.05, 4.69) is 31.4 Å². The van der Waals surface area contributed by atoms with E-state index in [-0.39, 0.29) is 77.9 Å². The van der Waals surface area contributed by atoms with Crippen molar-refractivity contribution < 1.29 is 37.9 Å². The van der Waals surface area contributed by atoms with Gasteiger partial charge in [-0.15, -0.1) is 0 Å². The Hall–Kier alpha value is -1.27. The van der Waals surface area contributed by atoms with Gasteiger partial charge in [-0.2, -0.15) is 8.42 Å². The molecule has 11 heteroatoms. The molecule has 2 amide bonds. The second kappa shape index (κ2) is 11.5. The van der Waals surface area contributed by atoms with Crippen LogP contribution in [0.1, 0.15) is 78.6 Å². The summed E-state index contributed by atoms with van der Waals surface area (Å²) in [5.74, 6) is -0.0801. The van der Waals surface area contributed by atoms with E-state index in [0.29, 0.717) is 12.8 Å². The predicted octanol–water partition coefficient (Wildman–Crippen LogP) is 1.48. The summed E-state index contributed by atoms with van der Waals surface area (Å²) in [7, 11) is -4.16. The highest BCUT2D eigenvalue weighted by Crippen LogP contribution is 2.68. The molecule has 1 unspecified atom stereocenters. The zero-order valence-corrected chi connectivity index (χ0v) is 24.3. The molecule has 10 nitrogen and oxygen atoms in total. The Labute approximate surface area is 232 Å². The van der Waals surface area contributed by atoms with Crippen LogP contribution in [0.4, 0.5) is 0 Å². The van der Waals surface area contributed by atoms with Crippen molar-refractivity contribution in [2.24, 2.45) is 46.3 Å². The number of hydrogen-bond acceptors (Lipinski definition) is 7. The van der Waals surface area contributed by atoms with Crippen LogP contribution >= 0.6 is 0 Å². The highest BCUT2D eigenvalue weighted by atomic mass is 32.2. The van der Waals surface area contributed by atoms with Gasteiger partial charge in [0.15, 0.2) is 0 Å². The smallest absolute Gasteiger partial charge is 0.266 e. The van der Waals surface area contributed by atoms with Crippen molar-refractivity contribution in [2.75, 3.05) is 18.8 Å². The number of amides is 2. The number of hydrogen-bond donors (Lipinski definition) is 6. The second-order valence-electron chi connectivity index (χ2n) is 13.5. The normalized spacial score (nSPS) is 42.5. The van der Waals surface area contributed by atoms with E-state index < -0.39 is 34.0 Å². The molecule has 11 atom stereocenters. The Bertz CT molecular complexity index is 1020. The number of rotatable bonds is 9. The Morgan fingerprint density at radius 3 is 2.38 bits per heavy atom. The molecule has 0 heterocycles. The Kier molecular flexibility index (Phi) is 9.08. The van der Waals surface area contributed by atoms with Gasteiger partial charge in [0.1, 0.15) is 0 Å². The second-order valence-corrected chi connectivity index (χ2v) is 15.0. The highest BCUT2D eigenvalue weighted by molar-refractivity contribution is 7.85. The third kappa shape index (κ3) is 6.17. The molecule has 0 aromatic carbocycles. The molecule has 0 bridgehead atoms. The first-order chi connectivity index (χ1) is 18.2. The maximum Gasteiger partial charge on any atom is 0.266 e. The first kappa shape index (κ1) is 30.7. The van der Waals surface area contributed by atoms with E-state index in [0.717, 1.165) is 38.5 Å². The summed E-state index contributed by atoms with van der Waals surface area (Å²) in [6.07, 6.45) is 5.44. The quantitative estimate of drug-likeness (QED) is 0.225. The van der Waals surface area contributed by atoms with Crippen LogP contribution in [0.25, 0.3) is 0 Å². The highest BCUT2D eigenvalue weighted by Gasteiger charge is 2.65. The van der Waals surface area contributed by atoms with Gasteiger partial charge in [-0.1, -0.05) is 20.8 Å². The molecule has 0 aromatic heterocycles. The molecule has 39 heavy (non-hydrogen) atoms. The number of nitrogens with one attached hydrogen (secondary N) is 2. The van der Waals surface area contributed by atoms with Crippen molar-refractivity contribution in [1.29, 1.82) is 0 Å². The summed E-state index contributed by atoms with van der Waals surface area (Å²) in [6.45, 7) is 6.15. The van der Waals surface area contributed by atoms with E-state index in [9.17, 15) is 33.3 Å². The van der Waals surface area contributed by atoms with Crippen LogP contribution in [0.15, 0.2) is 0 Å². The van der Waals surface area contributed by atoms with Crippen LogP contribution in [0, 0.1) is 46.3 Å². The van der Waals surface area contributed by atoms with Gasteiger partial charge in [0.05, 0.1) is 30.6 Å². The third-order valence-corrected chi connectivity index (χ3v) is 12.2. The summed E-state index contributed by atoms with van der Waals surface area (Å²) in [4.78, 5) is 24.2. The van der Waals surface area contributed by atoms with Gasteiger partial charge < -0.3 is 26.0 Å². The van der Waals surface area contributed by atoms with E-state index in [1.54, 1.807) is 0 Å². The molecule has 0 saturated heterocycles. The molecular formula is C28H48N2O8S.